The highest BCUT2D eigenvalue weighted by atomic mass is 32.2. The lowest BCUT2D eigenvalue weighted by atomic mass is 10.1. The molecule has 0 N–H and O–H groups in total. The van der Waals surface area contributed by atoms with Crippen LogP contribution >= 0.6 is 11.3 Å². The van der Waals surface area contributed by atoms with Gasteiger partial charge in [0.05, 0.1) is 13.2 Å². The number of sulfonamides is 1. The van der Waals surface area contributed by atoms with Gasteiger partial charge >= 0.3 is 0 Å². The van der Waals surface area contributed by atoms with E-state index in [-0.39, 0.29) is 10.8 Å². The number of carbonyl (C=O) groups is 1. The van der Waals surface area contributed by atoms with Gasteiger partial charge < -0.3 is 9.64 Å². The molecular weight excluding hydrogens is 324 g/mol. The molecule has 122 valence electrons. The van der Waals surface area contributed by atoms with Crippen molar-refractivity contribution in [1.29, 1.82) is 0 Å². The Balaban J connectivity index is 1.86. The summed E-state index contributed by atoms with van der Waals surface area (Å²) in [6, 6.07) is 1.55. The van der Waals surface area contributed by atoms with Crippen molar-refractivity contribution in [3.05, 3.63) is 16.3 Å². The van der Waals surface area contributed by atoms with Crippen molar-refractivity contribution in [3.8, 4) is 0 Å². The molecule has 0 unspecified atom stereocenters. The van der Waals surface area contributed by atoms with Gasteiger partial charge in [-0.25, -0.2) is 8.42 Å². The molecule has 0 spiro atoms. The monoisotopic (exact) mass is 344 g/mol. The molecule has 3 heterocycles. The van der Waals surface area contributed by atoms with E-state index in [0.29, 0.717) is 44.3 Å². The number of thiophene rings is 1. The number of ether oxygens (including phenoxy) is 1. The molecule has 2 fully saturated rings. The molecule has 0 aliphatic carbocycles. The average molecular weight is 344 g/mol. The third kappa shape index (κ3) is 3.05. The first-order chi connectivity index (χ1) is 10.6. The van der Waals surface area contributed by atoms with Crippen LogP contribution in [0.15, 0.2) is 16.3 Å². The van der Waals surface area contributed by atoms with Crippen molar-refractivity contribution in [1.82, 2.24) is 9.21 Å². The fraction of sp³-hybridized carbons (Fsp3) is 0.643. The number of amides is 1. The van der Waals surface area contributed by atoms with Gasteiger partial charge in [0.15, 0.2) is 0 Å². The topological polar surface area (TPSA) is 66.9 Å². The Morgan fingerprint density at radius 2 is 1.77 bits per heavy atom. The smallest absolute Gasteiger partial charge is 0.265 e. The first-order valence-electron chi connectivity index (χ1n) is 7.55. The molecule has 1 amide bonds. The molecule has 2 saturated heterocycles. The molecule has 0 saturated carbocycles. The van der Waals surface area contributed by atoms with Gasteiger partial charge in [-0.3, -0.25) is 4.79 Å². The second-order valence-electron chi connectivity index (χ2n) is 5.48. The van der Waals surface area contributed by atoms with E-state index in [9.17, 15) is 13.2 Å². The van der Waals surface area contributed by atoms with Gasteiger partial charge in [-0.15, -0.1) is 11.3 Å². The van der Waals surface area contributed by atoms with Gasteiger partial charge in [0, 0.05) is 26.2 Å². The van der Waals surface area contributed by atoms with Crippen molar-refractivity contribution >= 4 is 27.3 Å². The molecule has 1 aromatic rings. The Kier molecular flexibility index (Phi) is 4.82. The number of piperidine rings is 1. The molecule has 1 aromatic heterocycles. The zero-order valence-corrected chi connectivity index (χ0v) is 14.0. The Morgan fingerprint density at radius 3 is 2.45 bits per heavy atom. The maximum Gasteiger partial charge on any atom is 0.265 e. The molecule has 6 nitrogen and oxygen atoms in total. The molecule has 22 heavy (non-hydrogen) atoms. The summed E-state index contributed by atoms with van der Waals surface area (Å²) >= 11 is 1.21. The molecular formula is C14H20N2O4S2. The molecule has 0 atom stereocenters. The summed E-state index contributed by atoms with van der Waals surface area (Å²) in [5.74, 6) is -0.151. The minimum atomic E-state index is -3.62. The van der Waals surface area contributed by atoms with Crippen molar-refractivity contribution in [2.24, 2.45) is 0 Å². The lowest BCUT2D eigenvalue weighted by molar-refractivity contribution is 0.0716. The maximum absolute atomic E-state index is 12.8. The summed E-state index contributed by atoms with van der Waals surface area (Å²) < 4.78 is 32.1. The van der Waals surface area contributed by atoms with Crippen LogP contribution in [0.5, 0.6) is 0 Å². The Labute approximate surface area is 134 Å². The number of nitrogens with zero attached hydrogens (tertiary/aromatic N) is 2. The van der Waals surface area contributed by atoms with E-state index in [2.05, 4.69) is 0 Å². The van der Waals surface area contributed by atoms with Gasteiger partial charge in [-0.2, -0.15) is 4.31 Å². The summed E-state index contributed by atoms with van der Waals surface area (Å²) in [4.78, 5) is 14.9. The van der Waals surface area contributed by atoms with Crippen molar-refractivity contribution in [2.45, 2.75) is 24.2 Å². The number of rotatable bonds is 3. The second-order valence-corrected chi connectivity index (χ2v) is 8.31. The Bertz CT molecular complexity index is 629. The lowest BCUT2D eigenvalue weighted by Gasteiger charge is -2.28. The van der Waals surface area contributed by atoms with E-state index in [1.165, 1.54) is 15.6 Å². The predicted molar refractivity (Wildman–Crippen MR) is 83.7 cm³/mol. The fourth-order valence-electron chi connectivity index (χ4n) is 2.82. The Hall–Kier alpha value is -0.960. The zero-order valence-electron chi connectivity index (χ0n) is 12.4. The molecule has 3 rings (SSSR count). The summed E-state index contributed by atoms with van der Waals surface area (Å²) in [7, 11) is -3.62. The van der Waals surface area contributed by atoms with Crippen molar-refractivity contribution in [2.75, 3.05) is 39.4 Å². The summed E-state index contributed by atoms with van der Waals surface area (Å²) in [5.41, 5.74) is 0. The zero-order chi connectivity index (χ0) is 15.6. The van der Waals surface area contributed by atoms with Crippen molar-refractivity contribution in [3.63, 3.8) is 0 Å². The molecule has 2 aliphatic rings. The SMILES string of the molecule is O=C(c1sccc1S(=O)(=O)N1CCOCC1)N1CCCCC1. The van der Waals surface area contributed by atoms with Crippen LogP contribution in [-0.4, -0.2) is 62.9 Å². The van der Waals surface area contributed by atoms with Crippen LogP contribution in [0.1, 0.15) is 28.9 Å². The third-order valence-corrected chi connectivity index (χ3v) is 7.03. The van der Waals surface area contributed by atoms with Gasteiger partial charge in [-0.1, -0.05) is 0 Å². The van der Waals surface area contributed by atoms with Crippen molar-refractivity contribution < 1.29 is 17.9 Å². The number of morpholine rings is 1. The second kappa shape index (κ2) is 6.66. The van der Waals surface area contributed by atoms with Crippen LogP contribution < -0.4 is 0 Å². The number of hydrogen-bond donors (Lipinski definition) is 0. The molecule has 2 aliphatic heterocycles. The van der Waals surface area contributed by atoms with Crippen LogP contribution in [0.2, 0.25) is 0 Å². The number of hydrogen-bond acceptors (Lipinski definition) is 5. The van der Waals surface area contributed by atoms with Crippen LogP contribution in [0.25, 0.3) is 0 Å². The Morgan fingerprint density at radius 1 is 1.09 bits per heavy atom. The van der Waals surface area contributed by atoms with Gasteiger partial charge in [0.25, 0.3) is 5.91 Å². The van der Waals surface area contributed by atoms with E-state index in [4.69, 9.17) is 4.74 Å². The molecule has 0 radical (unpaired) electrons. The fourth-order valence-corrected chi connectivity index (χ4v) is 5.59. The molecule has 0 aromatic carbocycles. The first kappa shape index (κ1) is 15.9. The largest absolute Gasteiger partial charge is 0.379 e. The van der Waals surface area contributed by atoms with Crippen LogP contribution in [0.3, 0.4) is 0 Å². The highest BCUT2D eigenvalue weighted by Gasteiger charge is 2.32. The minimum Gasteiger partial charge on any atom is -0.379 e. The standard InChI is InChI=1S/C14H20N2O4S2/c17-14(15-5-2-1-3-6-15)13-12(4-11-21-13)22(18,19)16-7-9-20-10-8-16/h4,11H,1-3,5-10H2. The van der Waals surface area contributed by atoms with E-state index in [1.54, 1.807) is 16.3 Å². The van der Waals surface area contributed by atoms with Crippen LogP contribution in [0, 0.1) is 0 Å². The maximum atomic E-state index is 12.8. The van der Waals surface area contributed by atoms with Gasteiger partial charge in [0.1, 0.15) is 9.77 Å². The van der Waals surface area contributed by atoms with Gasteiger partial charge in [-0.05, 0) is 30.7 Å². The predicted octanol–water partition coefficient (Wildman–Crippen LogP) is 1.40. The lowest BCUT2D eigenvalue weighted by Crippen LogP contribution is -2.41. The highest BCUT2D eigenvalue weighted by Crippen LogP contribution is 2.28. The summed E-state index contributed by atoms with van der Waals surface area (Å²) in [5, 5.41) is 1.69. The highest BCUT2D eigenvalue weighted by molar-refractivity contribution is 7.89. The average Bonchev–Trinajstić information content (AvgIpc) is 3.06. The normalized spacial score (nSPS) is 21.0. The van der Waals surface area contributed by atoms with Crippen LogP contribution in [0.4, 0.5) is 0 Å². The van der Waals surface area contributed by atoms with E-state index >= 15 is 0 Å². The van der Waals surface area contributed by atoms with E-state index < -0.39 is 10.0 Å². The van der Waals surface area contributed by atoms with E-state index in [0.717, 1.165) is 19.3 Å². The molecule has 0 bridgehead atoms. The summed E-state index contributed by atoms with van der Waals surface area (Å²) in [6.07, 6.45) is 3.11. The van der Waals surface area contributed by atoms with Gasteiger partial charge in [0.2, 0.25) is 10.0 Å². The van der Waals surface area contributed by atoms with E-state index in [1.807, 2.05) is 0 Å². The molecule has 8 heteroatoms. The summed E-state index contributed by atoms with van der Waals surface area (Å²) in [6.45, 7) is 2.92. The number of carbonyl (C=O) groups excluding carboxylic acids is 1. The number of likely N-dealkylation sites (tertiary alicyclic amines) is 1. The third-order valence-electron chi connectivity index (χ3n) is 4.05. The quantitative estimate of drug-likeness (QED) is 0.831. The van der Waals surface area contributed by atoms with Crippen LogP contribution in [-0.2, 0) is 14.8 Å². The first-order valence-corrected chi connectivity index (χ1v) is 9.87. The minimum absolute atomic E-state index is 0.148.